The molecule has 0 unspecified atom stereocenters. The summed E-state index contributed by atoms with van der Waals surface area (Å²) in [4.78, 5) is 2.35. The highest BCUT2D eigenvalue weighted by Crippen LogP contribution is 2.18. The average Bonchev–Trinajstić information content (AvgIpc) is 2.94. The first-order chi connectivity index (χ1) is 10.7. The zero-order valence-electron chi connectivity index (χ0n) is 14.6. The first-order valence-corrected chi connectivity index (χ1v) is 10.6. The maximum atomic E-state index is 5.89. The standard InChI is InChI=1S/C15H34N3O3Si/c1-4-19-22(20-5-2,21-6-3)14-8-11-18-13-12-17(15-18)10-7-9-16/h15H,4-14,16H2,1-3H3/q+1. The molecule has 1 heterocycles. The number of rotatable bonds is 13. The van der Waals surface area contributed by atoms with E-state index in [1.54, 1.807) is 0 Å². The van der Waals surface area contributed by atoms with Crippen LogP contribution in [-0.2, 0) is 13.3 Å². The van der Waals surface area contributed by atoms with Gasteiger partial charge in [-0.3, -0.25) is 9.48 Å². The predicted molar refractivity (Wildman–Crippen MR) is 91.4 cm³/mol. The lowest BCUT2D eigenvalue weighted by Gasteiger charge is -2.28. The van der Waals surface area contributed by atoms with Crippen LogP contribution in [0, 0.1) is 0 Å². The molecule has 22 heavy (non-hydrogen) atoms. The van der Waals surface area contributed by atoms with Crippen LogP contribution in [0.4, 0.5) is 0 Å². The Balaban J connectivity index is 2.41. The van der Waals surface area contributed by atoms with E-state index < -0.39 is 8.80 Å². The van der Waals surface area contributed by atoms with E-state index in [0.717, 1.165) is 51.6 Å². The lowest BCUT2D eigenvalue weighted by Crippen LogP contribution is -2.46. The topological polar surface area (TPSA) is 60.0 Å². The van der Waals surface area contributed by atoms with Crippen molar-refractivity contribution in [1.82, 2.24) is 4.90 Å². The molecule has 0 spiro atoms. The molecule has 2 N–H and O–H groups in total. The maximum Gasteiger partial charge on any atom is 0.501 e. The summed E-state index contributed by atoms with van der Waals surface area (Å²) in [6.07, 6.45) is 4.33. The van der Waals surface area contributed by atoms with E-state index in [-0.39, 0.29) is 0 Å². The summed E-state index contributed by atoms with van der Waals surface area (Å²) in [6, 6.07) is 0.885. The molecule has 0 saturated heterocycles. The molecule has 0 aromatic rings. The van der Waals surface area contributed by atoms with Gasteiger partial charge in [-0.2, -0.15) is 0 Å². The average molecular weight is 333 g/mol. The summed E-state index contributed by atoms with van der Waals surface area (Å²) in [5.74, 6) is 0. The van der Waals surface area contributed by atoms with E-state index in [1.165, 1.54) is 0 Å². The van der Waals surface area contributed by atoms with Crippen molar-refractivity contribution in [2.45, 2.75) is 39.7 Å². The third-order valence-electron chi connectivity index (χ3n) is 3.67. The summed E-state index contributed by atoms with van der Waals surface area (Å²) < 4.78 is 20.0. The van der Waals surface area contributed by atoms with Gasteiger partial charge in [-0.15, -0.1) is 0 Å². The Hall–Kier alpha value is -0.473. The van der Waals surface area contributed by atoms with E-state index in [4.69, 9.17) is 19.0 Å². The molecule has 1 aliphatic rings. The van der Waals surface area contributed by atoms with Crippen LogP contribution in [0.1, 0.15) is 33.6 Å². The molecule has 0 saturated carbocycles. The van der Waals surface area contributed by atoms with Crippen molar-refractivity contribution < 1.29 is 17.9 Å². The van der Waals surface area contributed by atoms with Gasteiger partial charge in [0, 0.05) is 25.9 Å². The van der Waals surface area contributed by atoms with Crippen LogP contribution in [-0.4, -0.2) is 77.2 Å². The predicted octanol–water partition coefficient (Wildman–Crippen LogP) is 1.13. The summed E-state index contributed by atoms with van der Waals surface area (Å²) in [5, 5.41) is 0. The smallest absolute Gasteiger partial charge is 0.374 e. The van der Waals surface area contributed by atoms with Crippen molar-refractivity contribution in [3.05, 3.63) is 0 Å². The van der Waals surface area contributed by atoms with Crippen molar-refractivity contribution >= 4 is 15.1 Å². The van der Waals surface area contributed by atoms with Crippen LogP contribution in [0.15, 0.2) is 0 Å². The van der Waals surface area contributed by atoms with Gasteiger partial charge < -0.3 is 19.0 Å². The molecule has 0 aromatic heterocycles. The van der Waals surface area contributed by atoms with Gasteiger partial charge in [-0.05, 0) is 40.2 Å². The van der Waals surface area contributed by atoms with Crippen molar-refractivity contribution in [2.75, 3.05) is 52.5 Å². The minimum Gasteiger partial charge on any atom is -0.374 e. The van der Waals surface area contributed by atoms with E-state index >= 15 is 0 Å². The second kappa shape index (κ2) is 11.1. The molecule has 1 rings (SSSR count). The Morgan fingerprint density at radius 2 is 1.73 bits per heavy atom. The first kappa shape index (κ1) is 19.6. The second-order valence-corrected chi connectivity index (χ2v) is 8.15. The van der Waals surface area contributed by atoms with Crippen molar-refractivity contribution in [2.24, 2.45) is 5.73 Å². The van der Waals surface area contributed by atoms with Crippen LogP contribution in [0.3, 0.4) is 0 Å². The summed E-state index contributed by atoms with van der Waals surface area (Å²) in [5.41, 5.74) is 5.56. The normalized spacial score (nSPS) is 15.5. The highest BCUT2D eigenvalue weighted by atomic mass is 28.4. The molecule has 0 atom stereocenters. The van der Waals surface area contributed by atoms with Crippen molar-refractivity contribution in [1.29, 1.82) is 0 Å². The van der Waals surface area contributed by atoms with Gasteiger partial charge in [0.1, 0.15) is 13.1 Å². The minimum absolute atomic E-state index is 0.648. The Bertz CT molecular complexity index is 312. The Morgan fingerprint density at radius 1 is 1.09 bits per heavy atom. The summed E-state index contributed by atoms with van der Waals surface area (Å²) in [7, 11) is -2.48. The molecule has 0 aliphatic carbocycles. The minimum atomic E-state index is -2.48. The number of nitrogens with zero attached hydrogens (tertiary/aromatic N) is 2. The number of hydrogen-bond acceptors (Lipinski definition) is 5. The van der Waals surface area contributed by atoms with Crippen LogP contribution in [0.2, 0.25) is 6.04 Å². The quantitative estimate of drug-likeness (QED) is 0.405. The lowest BCUT2D eigenvalue weighted by molar-refractivity contribution is -0.513. The fourth-order valence-electron chi connectivity index (χ4n) is 2.74. The van der Waals surface area contributed by atoms with Gasteiger partial charge in [-0.25, -0.2) is 0 Å². The molecular formula is C15H34N3O3Si+. The highest BCUT2D eigenvalue weighted by Gasteiger charge is 2.40. The number of hydrogen-bond donors (Lipinski definition) is 1. The van der Waals surface area contributed by atoms with Crippen LogP contribution in [0.25, 0.3) is 0 Å². The molecule has 0 radical (unpaired) electrons. The zero-order chi connectivity index (χ0) is 16.3. The van der Waals surface area contributed by atoms with E-state index in [9.17, 15) is 0 Å². The largest absolute Gasteiger partial charge is 0.501 e. The second-order valence-electron chi connectivity index (χ2n) is 5.42. The molecule has 0 fully saturated rings. The monoisotopic (exact) mass is 332 g/mol. The molecule has 6 nitrogen and oxygen atoms in total. The third-order valence-corrected chi connectivity index (χ3v) is 6.82. The van der Waals surface area contributed by atoms with Crippen LogP contribution >= 0.6 is 0 Å². The van der Waals surface area contributed by atoms with Crippen LogP contribution < -0.4 is 5.73 Å². The Labute approximate surface area is 136 Å². The van der Waals surface area contributed by atoms with E-state index in [0.29, 0.717) is 19.8 Å². The van der Waals surface area contributed by atoms with E-state index in [2.05, 4.69) is 15.8 Å². The van der Waals surface area contributed by atoms with Gasteiger partial charge >= 0.3 is 8.80 Å². The highest BCUT2D eigenvalue weighted by molar-refractivity contribution is 6.60. The summed E-state index contributed by atoms with van der Waals surface area (Å²) >= 11 is 0. The van der Waals surface area contributed by atoms with Crippen molar-refractivity contribution in [3.63, 3.8) is 0 Å². The van der Waals surface area contributed by atoms with Gasteiger partial charge in [0.2, 0.25) is 6.34 Å². The molecular weight excluding hydrogens is 298 g/mol. The molecule has 130 valence electrons. The molecule has 0 aromatic carbocycles. The van der Waals surface area contributed by atoms with E-state index in [1.807, 2.05) is 20.8 Å². The Kier molecular flexibility index (Phi) is 9.90. The SMILES string of the molecule is CCO[Si](CCC[N+]1=CN(CCCN)CC1)(OCC)OCC. The molecule has 1 aliphatic heterocycles. The molecule has 0 amide bonds. The molecule has 0 bridgehead atoms. The molecule has 7 heteroatoms. The fourth-order valence-corrected chi connectivity index (χ4v) is 5.33. The van der Waals surface area contributed by atoms with Gasteiger partial charge in [0.25, 0.3) is 0 Å². The third kappa shape index (κ3) is 6.74. The van der Waals surface area contributed by atoms with Gasteiger partial charge in [0.15, 0.2) is 0 Å². The summed E-state index contributed by atoms with van der Waals surface area (Å²) in [6.45, 7) is 13.0. The van der Waals surface area contributed by atoms with Gasteiger partial charge in [-0.1, -0.05) is 0 Å². The maximum absolute atomic E-state index is 5.89. The van der Waals surface area contributed by atoms with Crippen LogP contribution in [0.5, 0.6) is 0 Å². The zero-order valence-corrected chi connectivity index (χ0v) is 15.6. The lowest BCUT2D eigenvalue weighted by atomic mass is 10.4. The fraction of sp³-hybridized carbons (Fsp3) is 0.933. The first-order valence-electron chi connectivity index (χ1n) is 8.64. The Morgan fingerprint density at radius 3 is 2.27 bits per heavy atom. The number of nitrogens with two attached hydrogens (primary N) is 1. The van der Waals surface area contributed by atoms with Gasteiger partial charge in [0.05, 0.1) is 13.1 Å². The van der Waals surface area contributed by atoms with Crippen molar-refractivity contribution in [3.8, 4) is 0 Å².